The molecule has 1 amide bonds. The van der Waals surface area contributed by atoms with Crippen molar-refractivity contribution in [1.29, 1.82) is 0 Å². The predicted octanol–water partition coefficient (Wildman–Crippen LogP) is 4.34. The van der Waals surface area contributed by atoms with Crippen molar-refractivity contribution in [3.8, 4) is 23.5 Å². The zero-order valence-corrected chi connectivity index (χ0v) is 18.9. The minimum Gasteiger partial charge on any atom is -0.480 e. The summed E-state index contributed by atoms with van der Waals surface area (Å²) in [5.41, 5.74) is 4.30. The summed E-state index contributed by atoms with van der Waals surface area (Å²) in [6.07, 6.45) is 5.57. The van der Waals surface area contributed by atoms with Crippen LogP contribution >= 0.6 is 0 Å². The average molecular weight is 473 g/mol. The second kappa shape index (κ2) is 9.75. The van der Waals surface area contributed by atoms with E-state index in [0.29, 0.717) is 27.3 Å². The maximum atomic E-state index is 12.8. The first-order chi connectivity index (χ1) is 16.4. The Hall–Kier alpha value is -4.19. The molecule has 4 aromatic rings. The van der Waals surface area contributed by atoms with Gasteiger partial charge >= 0.3 is 5.97 Å². The maximum absolute atomic E-state index is 12.8. The van der Waals surface area contributed by atoms with Gasteiger partial charge in [-0.1, -0.05) is 36.3 Å². The van der Waals surface area contributed by atoms with E-state index >= 15 is 0 Å². The molecule has 1 heterocycles. The highest BCUT2D eigenvalue weighted by Gasteiger charge is 2.19. The van der Waals surface area contributed by atoms with Crippen molar-refractivity contribution in [2.24, 2.45) is 0 Å². The van der Waals surface area contributed by atoms with Crippen LogP contribution in [0.5, 0.6) is 0 Å². The van der Waals surface area contributed by atoms with Crippen LogP contribution < -0.4 is 10.0 Å². The van der Waals surface area contributed by atoms with Gasteiger partial charge in [-0.25, -0.2) is 8.93 Å². The molecule has 1 aromatic heterocycles. The van der Waals surface area contributed by atoms with E-state index in [0.717, 1.165) is 16.5 Å². The minimum atomic E-state index is -1.61. The predicted molar refractivity (Wildman–Crippen MR) is 131 cm³/mol. The van der Waals surface area contributed by atoms with Crippen molar-refractivity contribution in [1.82, 2.24) is 4.72 Å². The smallest absolute Gasteiger partial charge is 0.318 e. The van der Waals surface area contributed by atoms with Crippen LogP contribution in [-0.2, 0) is 15.8 Å². The molecule has 0 saturated carbocycles. The zero-order chi connectivity index (χ0) is 24.2. The van der Waals surface area contributed by atoms with E-state index in [2.05, 4.69) is 16.0 Å². The van der Waals surface area contributed by atoms with Gasteiger partial charge in [0.25, 0.3) is 5.91 Å². The van der Waals surface area contributed by atoms with Crippen LogP contribution in [-0.4, -0.2) is 27.7 Å². The molecule has 3 N–H and O–H groups in total. The summed E-state index contributed by atoms with van der Waals surface area (Å²) in [4.78, 5) is 23.9. The number of furan rings is 1. The second-order valence-electron chi connectivity index (χ2n) is 7.42. The fourth-order valence-electron chi connectivity index (χ4n) is 3.56. The minimum absolute atomic E-state index is 0.210. The molecule has 1 unspecified atom stereocenters. The number of anilines is 1. The van der Waals surface area contributed by atoms with Crippen LogP contribution in [0.2, 0.25) is 0 Å². The number of aryl methyl sites for hydroxylation is 1. The second-order valence-corrected chi connectivity index (χ2v) is 8.72. The largest absolute Gasteiger partial charge is 0.480 e. The van der Waals surface area contributed by atoms with Crippen LogP contribution in [0.15, 0.2) is 76.0 Å². The van der Waals surface area contributed by atoms with Crippen molar-refractivity contribution in [2.75, 3.05) is 11.9 Å². The molecule has 0 spiro atoms. The molecule has 7 nitrogen and oxygen atoms in total. The number of nitrogens with one attached hydrogen (secondary N) is 2. The van der Waals surface area contributed by atoms with Crippen molar-refractivity contribution < 1.29 is 23.3 Å². The molecule has 170 valence electrons. The van der Waals surface area contributed by atoms with Gasteiger partial charge in [0.15, 0.2) is 5.76 Å². The molecule has 3 aromatic carbocycles. The molecule has 34 heavy (non-hydrogen) atoms. The lowest BCUT2D eigenvalue weighted by Crippen LogP contribution is -2.24. The van der Waals surface area contributed by atoms with Crippen molar-refractivity contribution in [3.05, 3.63) is 83.6 Å². The van der Waals surface area contributed by atoms with Crippen molar-refractivity contribution in [3.63, 3.8) is 0 Å². The molecule has 0 aliphatic heterocycles. The molecular weight excluding hydrogens is 452 g/mol. The normalized spacial score (nSPS) is 11.6. The number of carboxylic acid groups (broad SMARTS) is 1. The van der Waals surface area contributed by atoms with Gasteiger partial charge in [0.2, 0.25) is 0 Å². The zero-order valence-electron chi connectivity index (χ0n) is 18.1. The highest BCUT2D eigenvalue weighted by atomic mass is 32.2. The number of fused-ring (bicyclic) bond motifs is 1. The monoisotopic (exact) mass is 472 g/mol. The number of hydrogen-bond donors (Lipinski definition) is 3. The molecule has 0 saturated heterocycles. The van der Waals surface area contributed by atoms with Gasteiger partial charge < -0.3 is 14.8 Å². The summed E-state index contributed by atoms with van der Waals surface area (Å²) < 4.78 is 20.2. The number of aliphatic carboxylic acids is 1. The topological polar surface area (TPSA) is 109 Å². The first-order valence-electron chi connectivity index (χ1n) is 10.2. The summed E-state index contributed by atoms with van der Waals surface area (Å²) in [7, 11) is -1.61. The van der Waals surface area contributed by atoms with E-state index in [4.69, 9.17) is 15.9 Å². The number of amides is 1. The molecule has 0 aliphatic carbocycles. The number of terminal acetylenes is 1. The Labute approximate surface area is 198 Å². The fourth-order valence-corrected chi connectivity index (χ4v) is 4.36. The molecule has 0 bridgehead atoms. The SMILES string of the molecule is C#Cc1cccc2oc(C(=O)Nc3ccc(-c4ccc(S(=O)NCC(=O)O)cc4)cc3)c(C)c12. The molecule has 0 aliphatic rings. The Morgan fingerprint density at radius 3 is 2.29 bits per heavy atom. The molecule has 4 rings (SSSR count). The molecule has 8 heteroatoms. The van der Waals surface area contributed by atoms with Gasteiger partial charge in [-0.3, -0.25) is 9.59 Å². The number of carbonyl (C=O) groups is 2. The molecule has 0 fully saturated rings. The van der Waals surface area contributed by atoms with E-state index in [1.807, 2.05) is 18.2 Å². The summed E-state index contributed by atoms with van der Waals surface area (Å²) >= 11 is 0. The Kier molecular flexibility index (Phi) is 6.59. The Bertz CT molecular complexity index is 1450. The number of carbonyl (C=O) groups excluding carboxylic acids is 1. The highest BCUT2D eigenvalue weighted by molar-refractivity contribution is 7.83. The summed E-state index contributed by atoms with van der Waals surface area (Å²) in [6.45, 7) is 1.42. The van der Waals surface area contributed by atoms with E-state index in [9.17, 15) is 13.8 Å². The van der Waals surface area contributed by atoms with Crippen LogP contribution in [0.3, 0.4) is 0 Å². The highest BCUT2D eigenvalue weighted by Crippen LogP contribution is 2.29. The van der Waals surface area contributed by atoms with E-state index in [1.165, 1.54) is 0 Å². The Morgan fingerprint density at radius 1 is 1.03 bits per heavy atom. The standard InChI is InChI=1S/C26H20N2O5S/c1-3-17-5-4-6-22-24(17)16(2)25(33-22)26(31)28-20-11-7-18(8-12-20)19-9-13-21(14-10-19)34(32)27-15-23(29)30/h1,4-14,27H,15H2,2H3,(H,28,31)(H,29,30). The number of benzene rings is 3. The average Bonchev–Trinajstić information content (AvgIpc) is 3.20. The lowest BCUT2D eigenvalue weighted by atomic mass is 10.1. The maximum Gasteiger partial charge on any atom is 0.318 e. The van der Waals surface area contributed by atoms with Crippen LogP contribution in [0.25, 0.3) is 22.1 Å². The first-order valence-corrected chi connectivity index (χ1v) is 11.4. The van der Waals surface area contributed by atoms with E-state index in [1.54, 1.807) is 55.5 Å². The first kappa shape index (κ1) is 23.0. The third kappa shape index (κ3) is 4.76. The van der Waals surface area contributed by atoms with Gasteiger partial charge in [0.05, 0.1) is 4.90 Å². The lowest BCUT2D eigenvalue weighted by molar-refractivity contribution is -0.135. The summed E-state index contributed by atoms with van der Waals surface area (Å²) in [5, 5.41) is 12.3. The third-order valence-corrected chi connectivity index (χ3v) is 6.32. The number of rotatable bonds is 7. The number of carboxylic acids is 1. The summed E-state index contributed by atoms with van der Waals surface area (Å²) in [5.74, 6) is 1.38. The van der Waals surface area contributed by atoms with Crippen molar-refractivity contribution in [2.45, 2.75) is 11.8 Å². The Balaban J connectivity index is 1.47. The van der Waals surface area contributed by atoms with Gasteiger partial charge in [-0.15, -0.1) is 6.42 Å². The number of hydrogen-bond acceptors (Lipinski definition) is 4. The van der Waals surface area contributed by atoms with Gasteiger partial charge in [-0.2, -0.15) is 0 Å². The molecular formula is C26H20N2O5S. The summed E-state index contributed by atoms with van der Waals surface area (Å²) in [6, 6.07) is 19.6. The lowest BCUT2D eigenvalue weighted by Gasteiger charge is -2.07. The third-order valence-electron chi connectivity index (χ3n) is 5.21. The van der Waals surface area contributed by atoms with Gasteiger partial charge in [0.1, 0.15) is 23.1 Å². The van der Waals surface area contributed by atoms with Crippen LogP contribution in [0.1, 0.15) is 21.7 Å². The fraction of sp³-hybridized carbons (Fsp3) is 0.0769. The molecule has 1 atom stereocenters. The van der Waals surface area contributed by atoms with Gasteiger partial charge in [0, 0.05) is 22.2 Å². The van der Waals surface area contributed by atoms with Gasteiger partial charge in [-0.05, 0) is 54.4 Å². The van der Waals surface area contributed by atoms with Crippen LogP contribution in [0, 0.1) is 19.3 Å². The van der Waals surface area contributed by atoms with E-state index < -0.39 is 17.0 Å². The van der Waals surface area contributed by atoms with Crippen molar-refractivity contribution >= 4 is 39.5 Å². The quantitative estimate of drug-likeness (QED) is 0.347. The Morgan fingerprint density at radius 2 is 1.68 bits per heavy atom. The van der Waals surface area contributed by atoms with Crippen LogP contribution in [0.4, 0.5) is 5.69 Å². The van der Waals surface area contributed by atoms with E-state index in [-0.39, 0.29) is 18.2 Å². The molecule has 0 radical (unpaired) electrons.